The van der Waals surface area contributed by atoms with Gasteiger partial charge in [-0.2, -0.15) is 0 Å². The predicted octanol–water partition coefficient (Wildman–Crippen LogP) is 2.14. The fourth-order valence-electron chi connectivity index (χ4n) is 1.79. The summed E-state index contributed by atoms with van der Waals surface area (Å²) >= 11 is -0.910. The van der Waals surface area contributed by atoms with Crippen molar-refractivity contribution in [3.63, 3.8) is 0 Å². The Bertz CT molecular complexity index is 336. The van der Waals surface area contributed by atoms with Gasteiger partial charge in [-0.3, -0.25) is 0 Å². The molecule has 1 aromatic carbocycles. The van der Waals surface area contributed by atoms with Gasteiger partial charge < -0.3 is 9.29 Å². The summed E-state index contributed by atoms with van der Waals surface area (Å²) in [6.45, 7) is 2.07. The quantitative estimate of drug-likeness (QED) is 0.665. The molecule has 2 rings (SSSR count). The molecule has 0 saturated carbocycles. The van der Waals surface area contributed by atoms with Gasteiger partial charge in [0.1, 0.15) is 12.0 Å². The van der Waals surface area contributed by atoms with Crippen molar-refractivity contribution in [3.8, 4) is 5.75 Å². The zero-order valence-electron chi connectivity index (χ0n) is 8.45. The minimum Gasteiger partial charge on any atom is -0.612 e. The van der Waals surface area contributed by atoms with E-state index < -0.39 is 11.2 Å². The summed E-state index contributed by atoms with van der Waals surface area (Å²) in [4.78, 5) is 0.925. The second-order valence-corrected chi connectivity index (χ2v) is 5.00. The highest BCUT2D eigenvalue weighted by Crippen LogP contribution is 2.32. The highest BCUT2D eigenvalue weighted by atomic mass is 32.2. The van der Waals surface area contributed by atoms with E-state index in [0.29, 0.717) is 0 Å². The number of hydrogen-bond acceptors (Lipinski definition) is 2. The van der Waals surface area contributed by atoms with Gasteiger partial charge in [0.25, 0.3) is 0 Å². The van der Waals surface area contributed by atoms with Crippen LogP contribution >= 0.6 is 0 Å². The Morgan fingerprint density at radius 2 is 2.29 bits per heavy atom. The van der Waals surface area contributed by atoms with Gasteiger partial charge in [0, 0.05) is 5.56 Å². The Morgan fingerprint density at radius 3 is 3.00 bits per heavy atom. The topological polar surface area (TPSA) is 32.3 Å². The van der Waals surface area contributed by atoms with Gasteiger partial charge in [-0.05, 0) is 43.1 Å². The zero-order valence-corrected chi connectivity index (χ0v) is 9.26. The van der Waals surface area contributed by atoms with E-state index in [1.807, 2.05) is 18.2 Å². The van der Waals surface area contributed by atoms with Crippen LogP contribution in [0.4, 0.5) is 0 Å². The van der Waals surface area contributed by atoms with Crippen LogP contribution in [-0.2, 0) is 17.6 Å². The molecule has 1 aliphatic rings. The van der Waals surface area contributed by atoms with Gasteiger partial charge in [-0.25, -0.2) is 0 Å². The van der Waals surface area contributed by atoms with Crippen molar-refractivity contribution in [2.24, 2.45) is 0 Å². The van der Waals surface area contributed by atoms with Crippen molar-refractivity contribution in [2.45, 2.75) is 30.8 Å². The van der Waals surface area contributed by atoms with Crippen molar-refractivity contribution in [1.82, 2.24) is 0 Å². The van der Waals surface area contributed by atoms with Crippen LogP contribution in [0.25, 0.3) is 0 Å². The molecule has 76 valence electrons. The Kier molecular flexibility index (Phi) is 2.70. The van der Waals surface area contributed by atoms with E-state index >= 15 is 0 Å². The average molecular weight is 210 g/mol. The van der Waals surface area contributed by atoms with Crippen molar-refractivity contribution in [1.29, 1.82) is 0 Å². The van der Waals surface area contributed by atoms with Gasteiger partial charge >= 0.3 is 0 Å². The fourth-order valence-corrected chi connectivity index (χ4v) is 2.61. The number of rotatable bonds is 1. The molecule has 0 aromatic heterocycles. The molecular weight excluding hydrogens is 196 g/mol. The molecule has 0 amide bonds. The molecule has 1 aromatic rings. The first-order chi connectivity index (χ1) is 6.68. The summed E-state index contributed by atoms with van der Waals surface area (Å²) in [5.74, 6) is 0.913. The molecule has 0 saturated heterocycles. The van der Waals surface area contributed by atoms with Gasteiger partial charge in [-0.15, -0.1) is 0 Å². The highest BCUT2D eigenvalue weighted by Gasteiger charge is 2.22. The molecular formula is C11H14O2S. The average Bonchev–Trinajstić information content (AvgIpc) is 2.16. The van der Waals surface area contributed by atoms with Crippen molar-refractivity contribution >= 4 is 11.2 Å². The maximum Gasteiger partial charge on any atom is 0.159 e. The van der Waals surface area contributed by atoms with Crippen LogP contribution in [0, 0.1) is 0 Å². The van der Waals surface area contributed by atoms with Crippen LogP contribution in [0.1, 0.15) is 18.9 Å². The summed E-state index contributed by atoms with van der Waals surface area (Å²) in [5, 5.41) is 0. The van der Waals surface area contributed by atoms with E-state index in [1.165, 1.54) is 0 Å². The Morgan fingerprint density at radius 1 is 1.50 bits per heavy atom. The largest absolute Gasteiger partial charge is 0.612 e. The van der Waals surface area contributed by atoms with Crippen molar-refractivity contribution in [3.05, 3.63) is 23.8 Å². The Labute approximate surface area is 87.5 Å². The Hall–Kier alpha value is -0.670. The molecule has 0 spiro atoms. The van der Waals surface area contributed by atoms with Crippen molar-refractivity contribution in [2.75, 3.05) is 6.26 Å². The molecule has 2 nitrogen and oxygen atoms in total. The lowest BCUT2D eigenvalue weighted by atomic mass is 10.0. The number of benzene rings is 1. The standard InChI is InChI=1S/C11H14O2S/c1-8-6-7-9-10(13-8)4-3-5-11(9)14(2)12/h3-5,8H,6-7H2,1-2H3. The molecule has 0 aliphatic carbocycles. The number of hydrogen-bond donors (Lipinski definition) is 0. The van der Waals surface area contributed by atoms with Gasteiger partial charge in [0.15, 0.2) is 4.90 Å². The summed E-state index contributed by atoms with van der Waals surface area (Å²) < 4.78 is 17.1. The fraction of sp³-hybridized carbons (Fsp3) is 0.455. The van der Waals surface area contributed by atoms with E-state index in [2.05, 4.69) is 6.92 Å². The van der Waals surface area contributed by atoms with Crippen LogP contribution < -0.4 is 4.74 Å². The normalized spacial score (nSPS) is 22.4. The number of ether oxygens (including phenoxy) is 1. The predicted molar refractivity (Wildman–Crippen MR) is 57.2 cm³/mol. The first-order valence-electron chi connectivity index (χ1n) is 4.80. The zero-order chi connectivity index (χ0) is 10.1. The van der Waals surface area contributed by atoms with Crippen LogP contribution in [-0.4, -0.2) is 16.9 Å². The molecule has 1 heterocycles. The molecule has 0 bridgehead atoms. The maximum atomic E-state index is 11.5. The first kappa shape index (κ1) is 9.87. The van der Waals surface area contributed by atoms with E-state index in [0.717, 1.165) is 29.1 Å². The van der Waals surface area contributed by atoms with Crippen LogP contribution in [0.15, 0.2) is 23.1 Å². The summed E-state index contributed by atoms with van der Waals surface area (Å²) in [5.41, 5.74) is 1.13. The van der Waals surface area contributed by atoms with Crippen LogP contribution in [0.5, 0.6) is 5.75 Å². The second kappa shape index (κ2) is 3.83. The molecule has 2 atom stereocenters. The van der Waals surface area contributed by atoms with Crippen LogP contribution in [0.2, 0.25) is 0 Å². The highest BCUT2D eigenvalue weighted by molar-refractivity contribution is 7.90. The lowest BCUT2D eigenvalue weighted by Crippen LogP contribution is -2.20. The minimum atomic E-state index is -0.910. The monoisotopic (exact) mass is 210 g/mol. The third-order valence-electron chi connectivity index (χ3n) is 2.53. The first-order valence-corrected chi connectivity index (χ1v) is 6.36. The lowest BCUT2D eigenvalue weighted by Gasteiger charge is -2.24. The SMILES string of the molecule is CC1CCc2c(cccc2[S+](C)[O-])O1. The summed E-state index contributed by atoms with van der Waals surface area (Å²) in [7, 11) is 0. The third-order valence-corrected chi connectivity index (χ3v) is 3.53. The maximum absolute atomic E-state index is 11.5. The molecule has 0 N–H and O–H groups in total. The van der Waals surface area contributed by atoms with E-state index in [4.69, 9.17) is 4.74 Å². The molecule has 1 aliphatic heterocycles. The van der Waals surface area contributed by atoms with Gasteiger partial charge in [0.2, 0.25) is 0 Å². The molecule has 14 heavy (non-hydrogen) atoms. The molecule has 0 radical (unpaired) electrons. The summed E-state index contributed by atoms with van der Waals surface area (Å²) in [6.07, 6.45) is 3.99. The third kappa shape index (κ3) is 1.74. The lowest BCUT2D eigenvalue weighted by molar-refractivity contribution is 0.191. The minimum absolute atomic E-state index is 0.281. The second-order valence-electron chi connectivity index (χ2n) is 3.65. The molecule has 2 unspecified atom stereocenters. The van der Waals surface area contributed by atoms with E-state index in [9.17, 15) is 4.55 Å². The van der Waals surface area contributed by atoms with Crippen LogP contribution in [0.3, 0.4) is 0 Å². The van der Waals surface area contributed by atoms with E-state index in [-0.39, 0.29) is 6.10 Å². The smallest absolute Gasteiger partial charge is 0.159 e. The van der Waals surface area contributed by atoms with Gasteiger partial charge in [0.05, 0.1) is 6.10 Å². The number of fused-ring (bicyclic) bond motifs is 1. The van der Waals surface area contributed by atoms with Gasteiger partial charge in [-0.1, -0.05) is 6.07 Å². The summed E-state index contributed by atoms with van der Waals surface area (Å²) in [6, 6.07) is 5.79. The van der Waals surface area contributed by atoms with Crippen molar-refractivity contribution < 1.29 is 9.29 Å². The molecule has 3 heteroatoms. The van der Waals surface area contributed by atoms with E-state index in [1.54, 1.807) is 6.26 Å². The Balaban J connectivity index is 2.41. The molecule has 0 fully saturated rings.